The summed E-state index contributed by atoms with van der Waals surface area (Å²) in [5.74, 6) is -4.16. The largest absolute Gasteiger partial charge is 0.471 e. The van der Waals surface area contributed by atoms with Crippen LogP contribution in [0.5, 0.6) is 0 Å². The summed E-state index contributed by atoms with van der Waals surface area (Å²) >= 11 is 0. The van der Waals surface area contributed by atoms with Gasteiger partial charge >= 0.3 is 12.1 Å². The summed E-state index contributed by atoms with van der Waals surface area (Å²) in [6.07, 6.45) is 0.248. The number of aldehydes is 1. The highest BCUT2D eigenvalue weighted by atomic mass is 19.4. The van der Waals surface area contributed by atoms with Crippen molar-refractivity contribution in [2.45, 2.75) is 82.6 Å². The number of alkyl halides is 3. The maximum Gasteiger partial charge on any atom is 0.471 e. The van der Waals surface area contributed by atoms with Crippen molar-refractivity contribution >= 4 is 29.9 Å². The minimum Gasteiger partial charge on any atom is -0.356 e. The van der Waals surface area contributed by atoms with Crippen molar-refractivity contribution in [3.63, 3.8) is 0 Å². The Hall–Kier alpha value is -2.66. The molecule has 2 heterocycles. The first kappa shape index (κ1) is 26.4. The van der Waals surface area contributed by atoms with E-state index in [1.165, 1.54) is 4.90 Å². The van der Waals surface area contributed by atoms with Crippen LogP contribution in [0.25, 0.3) is 0 Å². The third-order valence-electron chi connectivity index (χ3n) is 8.39. The molecule has 4 rings (SSSR count). The zero-order valence-electron chi connectivity index (χ0n) is 20.2. The Labute approximate surface area is 207 Å². The quantitative estimate of drug-likeness (QED) is 0.418. The number of hydrogen-bond acceptors (Lipinski definition) is 5. The predicted molar refractivity (Wildman–Crippen MR) is 120 cm³/mol. The van der Waals surface area contributed by atoms with E-state index in [2.05, 4.69) is 10.6 Å². The van der Waals surface area contributed by atoms with Gasteiger partial charge in [-0.25, -0.2) is 0 Å². The molecule has 2 saturated heterocycles. The van der Waals surface area contributed by atoms with Crippen molar-refractivity contribution in [1.82, 2.24) is 20.9 Å². The van der Waals surface area contributed by atoms with Crippen molar-refractivity contribution in [3.8, 4) is 0 Å². The lowest BCUT2D eigenvalue weighted by atomic mass is 9.90. The Morgan fingerprint density at radius 3 is 2.50 bits per heavy atom. The highest BCUT2D eigenvalue weighted by Crippen LogP contribution is 2.50. The number of carbonyl (C=O) groups is 5. The number of nitrogens with zero attached hydrogens (tertiary/aromatic N) is 1. The normalized spacial score (nSPS) is 30.6. The number of carbonyl (C=O) groups excluding carboxylic acids is 5. The Kier molecular flexibility index (Phi) is 7.34. The van der Waals surface area contributed by atoms with E-state index in [-0.39, 0.29) is 30.7 Å². The third-order valence-corrected chi connectivity index (χ3v) is 8.39. The van der Waals surface area contributed by atoms with Gasteiger partial charge in [-0.15, -0.1) is 0 Å². The van der Waals surface area contributed by atoms with E-state index >= 15 is 0 Å². The smallest absolute Gasteiger partial charge is 0.356 e. The zero-order valence-corrected chi connectivity index (χ0v) is 20.2. The van der Waals surface area contributed by atoms with Crippen LogP contribution in [0, 0.1) is 23.2 Å². The van der Waals surface area contributed by atoms with Gasteiger partial charge in [0.1, 0.15) is 18.4 Å². The van der Waals surface area contributed by atoms with Crippen molar-refractivity contribution in [2.75, 3.05) is 13.1 Å². The molecular weight excluding hydrogens is 481 g/mol. The third kappa shape index (κ3) is 5.36. The van der Waals surface area contributed by atoms with Crippen LogP contribution in [0.2, 0.25) is 0 Å². The number of amides is 4. The lowest BCUT2D eigenvalue weighted by Crippen LogP contribution is -2.59. The molecule has 4 amide bonds. The minimum absolute atomic E-state index is 0.0227. The van der Waals surface area contributed by atoms with Crippen molar-refractivity contribution < 1.29 is 37.1 Å². The van der Waals surface area contributed by atoms with Gasteiger partial charge in [0.05, 0.1) is 6.04 Å². The molecule has 6 atom stereocenters. The Morgan fingerprint density at radius 2 is 1.89 bits per heavy atom. The van der Waals surface area contributed by atoms with Crippen LogP contribution in [-0.2, 0) is 24.0 Å². The maximum absolute atomic E-state index is 13.6. The molecular formula is C24H33F3N4O5. The summed E-state index contributed by atoms with van der Waals surface area (Å²) < 4.78 is 39.0. The molecule has 4 aliphatic rings. The molecule has 3 N–H and O–H groups in total. The lowest BCUT2D eigenvalue weighted by molar-refractivity contribution is -0.175. The van der Waals surface area contributed by atoms with Gasteiger partial charge in [0.25, 0.3) is 0 Å². The van der Waals surface area contributed by atoms with Crippen LogP contribution in [0.15, 0.2) is 0 Å². The monoisotopic (exact) mass is 514 g/mol. The molecule has 2 aliphatic carbocycles. The Balaban J connectivity index is 1.51. The van der Waals surface area contributed by atoms with Gasteiger partial charge < -0.3 is 25.6 Å². The van der Waals surface area contributed by atoms with Crippen LogP contribution >= 0.6 is 0 Å². The van der Waals surface area contributed by atoms with Crippen LogP contribution in [0.1, 0.15) is 58.3 Å². The summed E-state index contributed by atoms with van der Waals surface area (Å²) in [7, 11) is 0. The molecule has 0 spiro atoms. The number of likely N-dealkylation sites (tertiary alicyclic amines) is 1. The molecule has 0 radical (unpaired) electrons. The lowest BCUT2D eigenvalue weighted by Gasteiger charge is -2.34. The van der Waals surface area contributed by atoms with Crippen LogP contribution in [-0.4, -0.2) is 72.2 Å². The summed E-state index contributed by atoms with van der Waals surface area (Å²) in [5, 5.41) is 7.31. The van der Waals surface area contributed by atoms with Gasteiger partial charge in [0, 0.05) is 19.0 Å². The molecule has 12 heteroatoms. The number of piperidine rings is 1. The van der Waals surface area contributed by atoms with E-state index in [9.17, 15) is 37.1 Å². The van der Waals surface area contributed by atoms with Crippen LogP contribution < -0.4 is 16.0 Å². The highest BCUT2D eigenvalue weighted by Gasteiger charge is 2.57. The first-order valence-corrected chi connectivity index (χ1v) is 12.7. The molecule has 0 aromatic rings. The number of fused-ring (bicyclic) bond motifs is 1. The molecule has 9 nitrogen and oxygen atoms in total. The number of hydrogen-bond donors (Lipinski definition) is 3. The van der Waals surface area contributed by atoms with E-state index in [0.29, 0.717) is 38.5 Å². The van der Waals surface area contributed by atoms with Gasteiger partial charge in [-0.2, -0.15) is 13.2 Å². The van der Waals surface area contributed by atoms with E-state index in [1.807, 2.05) is 5.32 Å². The second kappa shape index (κ2) is 10.0. The fourth-order valence-corrected chi connectivity index (χ4v) is 6.05. The zero-order chi connectivity index (χ0) is 26.3. The molecule has 0 bridgehead atoms. The van der Waals surface area contributed by atoms with Crippen LogP contribution in [0.3, 0.4) is 0 Å². The Bertz CT molecular complexity index is 922. The number of halogens is 3. The molecule has 2 aliphatic heterocycles. The average molecular weight is 515 g/mol. The van der Waals surface area contributed by atoms with Gasteiger partial charge in [0.2, 0.25) is 17.7 Å². The maximum atomic E-state index is 13.6. The molecule has 4 fully saturated rings. The van der Waals surface area contributed by atoms with E-state index < -0.39 is 53.4 Å². The highest BCUT2D eigenvalue weighted by molar-refractivity contribution is 5.95. The summed E-state index contributed by atoms with van der Waals surface area (Å²) in [6, 6.07) is -3.26. The predicted octanol–water partition coefficient (Wildman–Crippen LogP) is 1.06. The van der Waals surface area contributed by atoms with Gasteiger partial charge in [-0.3, -0.25) is 19.2 Å². The Morgan fingerprint density at radius 1 is 1.17 bits per heavy atom. The summed E-state index contributed by atoms with van der Waals surface area (Å²) in [5.41, 5.74) is -0.809. The first-order chi connectivity index (χ1) is 16.9. The first-order valence-electron chi connectivity index (χ1n) is 12.7. The second-order valence-corrected chi connectivity index (χ2v) is 11.0. The number of nitrogens with one attached hydrogen (secondary N) is 3. The number of rotatable bonds is 8. The van der Waals surface area contributed by atoms with Crippen molar-refractivity contribution in [2.24, 2.45) is 23.2 Å². The van der Waals surface area contributed by atoms with E-state index in [1.54, 1.807) is 6.92 Å². The molecule has 0 aromatic carbocycles. The van der Waals surface area contributed by atoms with Gasteiger partial charge in [-0.05, 0) is 62.2 Å². The van der Waals surface area contributed by atoms with Gasteiger partial charge in [-0.1, -0.05) is 13.3 Å². The fourth-order valence-electron chi connectivity index (χ4n) is 6.05. The fraction of sp³-hybridized carbons (Fsp3) is 0.792. The van der Waals surface area contributed by atoms with Crippen molar-refractivity contribution in [1.29, 1.82) is 0 Å². The molecule has 0 unspecified atom stereocenters. The van der Waals surface area contributed by atoms with Gasteiger partial charge in [0.15, 0.2) is 0 Å². The van der Waals surface area contributed by atoms with E-state index in [0.717, 1.165) is 19.3 Å². The topological polar surface area (TPSA) is 125 Å². The molecule has 0 aromatic heterocycles. The summed E-state index contributed by atoms with van der Waals surface area (Å²) in [4.78, 5) is 63.9. The molecule has 36 heavy (non-hydrogen) atoms. The standard InChI is InChI=1S/C24H33F3N4O5/c1-23(7-8-23)18(30-22(36)24(25,26)27)21(35)31-11-14-4-2-6-16(14)17(31)20(34)29-15(12-32)10-13-5-3-9-28-19(13)33/h12-18H,2-11H2,1H3,(H,28,33)(H,29,34)(H,30,36)/t13-,14-,15-,16-,17-,18+/m0/s1. The molecule has 200 valence electrons. The van der Waals surface area contributed by atoms with Crippen molar-refractivity contribution in [3.05, 3.63) is 0 Å². The second-order valence-electron chi connectivity index (χ2n) is 11.0. The molecule has 2 saturated carbocycles. The minimum atomic E-state index is -5.13. The van der Waals surface area contributed by atoms with E-state index in [4.69, 9.17) is 0 Å². The average Bonchev–Trinajstić information content (AvgIpc) is 3.24. The van der Waals surface area contributed by atoms with Crippen LogP contribution in [0.4, 0.5) is 13.2 Å². The SMILES string of the molecule is CC1([C@H](NC(=O)C(F)(F)F)C(=O)N2C[C@@H]3CCC[C@@H]3[C@H]2C(=O)N[C@H](C=O)C[C@@H]2CCCNC2=O)CC1. The summed E-state index contributed by atoms with van der Waals surface area (Å²) in [6.45, 7) is 2.43.